The van der Waals surface area contributed by atoms with Gasteiger partial charge in [0, 0.05) is 0 Å². The topological polar surface area (TPSA) is 0 Å². The lowest BCUT2D eigenvalue weighted by Gasteiger charge is -2.45. The highest BCUT2D eigenvalue weighted by atomic mass is 14.4. The van der Waals surface area contributed by atoms with Gasteiger partial charge in [-0.2, -0.15) is 0 Å². The molecule has 0 aliphatic heterocycles. The van der Waals surface area contributed by atoms with Crippen molar-refractivity contribution in [2.24, 2.45) is 23.2 Å². The molecule has 19 heavy (non-hydrogen) atoms. The lowest BCUT2D eigenvalue weighted by Crippen LogP contribution is -2.38. The molecule has 0 aromatic heterocycles. The molecule has 0 aromatic carbocycles. The van der Waals surface area contributed by atoms with Crippen molar-refractivity contribution in [2.45, 2.75) is 99.8 Å². The molecule has 0 amide bonds. The van der Waals surface area contributed by atoms with E-state index in [1.54, 1.807) is 0 Å². The van der Waals surface area contributed by atoms with E-state index in [9.17, 15) is 0 Å². The van der Waals surface area contributed by atoms with Gasteiger partial charge in [-0.3, -0.25) is 0 Å². The predicted octanol–water partition coefficient (Wildman–Crippen LogP) is 7.08. The van der Waals surface area contributed by atoms with E-state index in [1.165, 1.54) is 51.4 Å². The zero-order valence-corrected chi connectivity index (χ0v) is 14.9. The molecule has 0 saturated heterocycles. The van der Waals surface area contributed by atoms with Crippen LogP contribution in [0.5, 0.6) is 0 Å². The third-order valence-corrected chi connectivity index (χ3v) is 5.44. The first kappa shape index (κ1) is 19.0. The molecule has 0 radical (unpaired) electrons. The molecule has 0 spiro atoms. The van der Waals surface area contributed by atoms with Crippen LogP contribution < -0.4 is 0 Å². The van der Waals surface area contributed by atoms with Crippen LogP contribution in [0.15, 0.2) is 0 Å². The van der Waals surface area contributed by atoms with Gasteiger partial charge >= 0.3 is 0 Å². The van der Waals surface area contributed by atoms with Gasteiger partial charge in [-0.25, -0.2) is 0 Å². The van der Waals surface area contributed by atoms with Gasteiger partial charge in [0.2, 0.25) is 0 Å². The van der Waals surface area contributed by atoms with Crippen LogP contribution in [0.25, 0.3) is 0 Å². The number of rotatable bonds is 11. The van der Waals surface area contributed by atoms with Crippen molar-refractivity contribution in [2.75, 3.05) is 0 Å². The predicted molar refractivity (Wildman–Crippen MR) is 89.6 cm³/mol. The fraction of sp³-hybridized carbons (Fsp3) is 1.00. The smallest absolute Gasteiger partial charge is 0.0228 e. The Morgan fingerprint density at radius 3 is 1.32 bits per heavy atom. The van der Waals surface area contributed by atoms with Crippen molar-refractivity contribution in [3.63, 3.8) is 0 Å². The normalized spacial score (nSPS) is 12.9. The van der Waals surface area contributed by atoms with Crippen molar-refractivity contribution < 1.29 is 0 Å². The van der Waals surface area contributed by atoms with E-state index in [2.05, 4.69) is 48.5 Å². The Hall–Kier alpha value is 0. The molecule has 0 heteroatoms. The standard InChI is InChI=1S/C19H40/c1-8-9-10-11-12-13-14-15-19(16(2)3,17(4)5)18(6)7/h16-18H,8-15H2,1-7H3. The summed E-state index contributed by atoms with van der Waals surface area (Å²) < 4.78 is 0. The highest BCUT2D eigenvalue weighted by Crippen LogP contribution is 2.47. The molecule has 0 heterocycles. The lowest BCUT2D eigenvalue weighted by molar-refractivity contribution is 0.0356. The molecule has 0 aliphatic carbocycles. The van der Waals surface area contributed by atoms with Crippen molar-refractivity contribution in [3.8, 4) is 0 Å². The van der Waals surface area contributed by atoms with Gasteiger partial charge in [-0.15, -0.1) is 0 Å². The van der Waals surface area contributed by atoms with E-state index in [0.717, 1.165) is 17.8 Å². The summed E-state index contributed by atoms with van der Waals surface area (Å²) in [5.74, 6) is 2.40. The summed E-state index contributed by atoms with van der Waals surface area (Å²) in [7, 11) is 0. The lowest BCUT2D eigenvalue weighted by atomic mass is 9.60. The zero-order valence-electron chi connectivity index (χ0n) is 14.9. The highest BCUT2D eigenvalue weighted by molar-refractivity contribution is 4.88. The minimum atomic E-state index is 0.545. The summed E-state index contributed by atoms with van der Waals surface area (Å²) in [6, 6.07) is 0. The van der Waals surface area contributed by atoms with Crippen molar-refractivity contribution in [1.29, 1.82) is 0 Å². The van der Waals surface area contributed by atoms with Gasteiger partial charge in [-0.1, -0.05) is 93.4 Å². The second kappa shape index (κ2) is 9.83. The molecule has 0 atom stereocenters. The maximum absolute atomic E-state index is 2.43. The maximum atomic E-state index is 2.43. The Bertz CT molecular complexity index is 178. The fourth-order valence-corrected chi connectivity index (χ4v) is 4.25. The zero-order chi connectivity index (χ0) is 14.9. The molecule has 0 nitrogen and oxygen atoms in total. The Labute approximate surface area is 123 Å². The minimum absolute atomic E-state index is 0.545. The SMILES string of the molecule is CCCCCCCCCC(C(C)C)(C(C)C)C(C)C. The van der Waals surface area contributed by atoms with E-state index in [0.29, 0.717) is 5.41 Å². The largest absolute Gasteiger partial charge is 0.0654 e. The van der Waals surface area contributed by atoms with Crippen molar-refractivity contribution in [3.05, 3.63) is 0 Å². The molecule has 0 N–H and O–H groups in total. The third-order valence-electron chi connectivity index (χ3n) is 5.44. The maximum Gasteiger partial charge on any atom is -0.0228 e. The van der Waals surface area contributed by atoms with E-state index >= 15 is 0 Å². The fourth-order valence-electron chi connectivity index (χ4n) is 4.25. The Morgan fingerprint density at radius 2 is 0.947 bits per heavy atom. The molecule has 0 bridgehead atoms. The highest BCUT2D eigenvalue weighted by Gasteiger charge is 2.39. The molecule has 116 valence electrons. The second-order valence-electron chi connectivity index (χ2n) is 7.45. The van der Waals surface area contributed by atoms with Crippen LogP contribution in [-0.2, 0) is 0 Å². The van der Waals surface area contributed by atoms with Crippen molar-refractivity contribution in [1.82, 2.24) is 0 Å². The minimum Gasteiger partial charge on any atom is -0.0654 e. The Kier molecular flexibility index (Phi) is 9.83. The summed E-state index contributed by atoms with van der Waals surface area (Å²) in [5, 5.41) is 0. The van der Waals surface area contributed by atoms with Gasteiger partial charge in [0.15, 0.2) is 0 Å². The molecular weight excluding hydrogens is 228 g/mol. The molecule has 0 fully saturated rings. The average Bonchev–Trinajstić information content (AvgIpc) is 2.31. The quantitative estimate of drug-likeness (QED) is 0.351. The molecule has 0 unspecified atom stereocenters. The summed E-state index contributed by atoms with van der Waals surface area (Å²) in [6.45, 7) is 16.9. The van der Waals surface area contributed by atoms with Crippen LogP contribution >= 0.6 is 0 Å². The first-order chi connectivity index (χ1) is 8.89. The van der Waals surface area contributed by atoms with Gasteiger partial charge in [0.25, 0.3) is 0 Å². The summed E-state index contributed by atoms with van der Waals surface area (Å²) >= 11 is 0. The van der Waals surface area contributed by atoms with E-state index in [4.69, 9.17) is 0 Å². The summed E-state index contributed by atoms with van der Waals surface area (Å²) in [4.78, 5) is 0. The van der Waals surface area contributed by atoms with Gasteiger partial charge in [0.1, 0.15) is 0 Å². The van der Waals surface area contributed by atoms with Crippen LogP contribution in [0.3, 0.4) is 0 Å². The monoisotopic (exact) mass is 268 g/mol. The summed E-state index contributed by atoms with van der Waals surface area (Å²) in [6.07, 6.45) is 11.4. The van der Waals surface area contributed by atoms with Crippen LogP contribution in [0.2, 0.25) is 0 Å². The molecule has 0 saturated carbocycles. The van der Waals surface area contributed by atoms with Crippen LogP contribution in [0, 0.1) is 23.2 Å². The van der Waals surface area contributed by atoms with Crippen molar-refractivity contribution >= 4 is 0 Å². The Balaban J connectivity index is 4.14. The van der Waals surface area contributed by atoms with Crippen LogP contribution in [0.1, 0.15) is 99.8 Å². The average molecular weight is 269 g/mol. The first-order valence-electron chi connectivity index (χ1n) is 8.89. The summed E-state index contributed by atoms with van der Waals surface area (Å²) in [5.41, 5.74) is 0.545. The number of hydrogen-bond donors (Lipinski definition) is 0. The van der Waals surface area contributed by atoms with E-state index in [-0.39, 0.29) is 0 Å². The van der Waals surface area contributed by atoms with Gasteiger partial charge in [0.05, 0.1) is 0 Å². The van der Waals surface area contributed by atoms with Gasteiger partial charge < -0.3 is 0 Å². The Morgan fingerprint density at radius 1 is 0.579 bits per heavy atom. The molecule has 0 rings (SSSR count). The molecule has 0 aliphatic rings. The molecular formula is C19H40. The van der Waals surface area contributed by atoms with E-state index in [1.807, 2.05) is 0 Å². The number of hydrogen-bond acceptors (Lipinski definition) is 0. The van der Waals surface area contributed by atoms with Crippen LogP contribution in [0.4, 0.5) is 0 Å². The molecule has 0 aromatic rings. The second-order valence-corrected chi connectivity index (χ2v) is 7.45. The van der Waals surface area contributed by atoms with Gasteiger partial charge in [-0.05, 0) is 29.6 Å². The third kappa shape index (κ3) is 5.88. The van der Waals surface area contributed by atoms with E-state index < -0.39 is 0 Å². The van der Waals surface area contributed by atoms with Crippen LogP contribution in [-0.4, -0.2) is 0 Å². The number of unbranched alkanes of at least 4 members (excludes halogenated alkanes) is 6. The first-order valence-corrected chi connectivity index (χ1v) is 8.89.